The number of pyridine rings is 1. The maximum absolute atomic E-state index is 13.7. The van der Waals surface area contributed by atoms with Crippen molar-refractivity contribution in [1.82, 2.24) is 15.6 Å². The summed E-state index contributed by atoms with van der Waals surface area (Å²) in [5, 5.41) is 20.1. The molecule has 1 aromatic heterocycles. The molecule has 1 heterocycles. The fraction of sp³-hybridized carbons (Fsp3) is 0.576. The van der Waals surface area contributed by atoms with Crippen molar-refractivity contribution >= 4 is 27.6 Å². The third-order valence-electron chi connectivity index (χ3n) is 7.67. The van der Waals surface area contributed by atoms with Gasteiger partial charge in [-0.1, -0.05) is 51.1 Å². The van der Waals surface area contributed by atoms with Crippen LogP contribution < -0.4 is 20.3 Å². The molecule has 236 valence electrons. The highest BCUT2D eigenvalue weighted by Gasteiger charge is 2.32. The summed E-state index contributed by atoms with van der Waals surface area (Å²) < 4.78 is 27.0. The van der Waals surface area contributed by atoms with Crippen molar-refractivity contribution in [3.05, 3.63) is 53.6 Å². The molecule has 0 radical (unpaired) electrons. The average Bonchev–Trinajstić information content (AvgIpc) is 3.69. The Morgan fingerprint density at radius 1 is 1.16 bits per heavy atom. The molecule has 1 fully saturated rings. The van der Waals surface area contributed by atoms with Crippen LogP contribution in [-0.4, -0.2) is 68.5 Å². The molecule has 3 rings (SSSR count). The number of aliphatic hydroxyl groups excluding tert-OH is 1. The Morgan fingerprint density at radius 2 is 1.86 bits per heavy atom. The molecule has 1 amide bonds. The lowest BCUT2D eigenvalue weighted by atomic mass is 10.0. The van der Waals surface area contributed by atoms with Gasteiger partial charge in [0.1, 0.15) is 11.6 Å². The minimum atomic E-state index is -3.66. The normalized spacial score (nSPS) is 17.6. The molecule has 4 N–H and O–H groups in total. The molecule has 0 spiro atoms. The van der Waals surface area contributed by atoms with Gasteiger partial charge in [0.2, 0.25) is 10.0 Å². The van der Waals surface area contributed by atoms with Gasteiger partial charge in [0, 0.05) is 38.0 Å². The number of carbonyl (C=O) groups excluding carboxylic acids is 1. The van der Waals surface area contributed by atoms with Crippen molar-refractivity contribution in [2.24, 2.45) is 17.8 Å². The summed E-state index contributed by atoms with van der Waals surface area (Å²) in [7, 11) is -2.21. The Kier molecular flexibility index (Phi) is 12.9. The molecule has 2 aromatic rings. The second kappa shape index (κ2) is 16.1. The minimum Gasteiger partial charge on any atom is -0.390 e. The zero-order valence-electron chi connectivity index (χ0n) is 26.4. The Balaban J connectivity index is 1.78. The van der Waals surface area contributed by atoms with Gasteiger partial charge >= 0.3 is 0 Å². The molecule has 4 atom stereocenters. The van der Waals surface area contributed by atoms with Crippen molar-refractivity contribution in [2.45, 2.75) is 77.7 Å². The number of aliphatic hydroxyl groups is 1. The standard InChI is InChI=1S/C33H49N5O4S/c1-23(2)13-9-8-12-16-34-22-30(39)29(18-26-14-10-7-11-15-26)36-33(40)27-19-31(35-21-28-17-25(28)5)37-32(20-27)38(6)43(41,42)24(3)4/h7,10-11,14-15,19-20,23-25,28-30,34,39H,8,12,16-18,21-22H2,1-6H3,(H,35,37)(H,36,40)/t25-,28+,29-,30+/m0/s1. The zero-order chi connectivity index (χ0) is 31.6. The van der Waals surface area contributed by atoms with Crippen LogP contribution in [0.5, 0.6) is 0 Å². The van der Waals surface area contributed by atoms with Crippen LogP contribution in [-0.2, 0) is 16.4 Å². The van der Waals surface area contributed by atoms with E-state index in [1.807, 2.05) is 30.3 Å². The number of amides is 1. The number of aromatic nitrogens is 1. The molecule has 1 aromatic carbocycles. The van der Waals surface area contributed by atoms with Crippen molar-refractivity contribution in [3.63, 3.8) is 0 Å². The quantitative estimate of drug-likeness (QED) is 0.167. The van der Waals surface area contributed by atoms with E-state index < -0.39 is 33.3 Å². The summed E-state index contributed by atoms with van der Waals surface area (Å²) >= 11 is 0. The first-order chi connectivity index (χ1) is 20.4. The van der Waals surface area contributed by atoms with E-state index in [1.165, 1.54) is 13.1 Å². The highest BCUT2D eigenvalue weighted by atomic mass is 32.2. The van der Waals surface area contributed by atoms with Gasteiger partial charge in [-0.3, -0.25) is 9.10 Å². The van der Waals surface area contributed by atoms with Crippen molar-refractivity contribution < 1.29 is 18.3 Å². The van der Waals surface area contributed by atoms with Gasteiger partial charge < -0.3 is 21.1 Å². The number of anilines is 2. The van der Waals surface area contributed by atoms with Crippen LogP contribution >= 0.6 is 0 Å². The summed E-state index contributed by atoms with van der Waals surface area (Å²) in [6.07, 6.45) is 2.35. The van der Waals surface area contributed by atoms with E-state index in [1.54, 1.807) is 19.9 Å². The van der Waals surface area contributed by atoms with Gasteiger partial charge in [-0.2, -0.15) is 0 Å². The lowest BCUT2D eigenvalue weighted by molar-refractivity contribution is 0.0831. The molecule has 1 aliphatic carbocycles. The highest BCUT2D eigenvalue weighted by molar-refractivity contribution is 7.93. The molecular weight excluding hydrogens is 562 g/mol. The van der Waals surface area contributed by atoms with Crippen molar-refractivity contribution in [1.29, 1.82) is 0 Å². The fourth-order valence-corrected chi connectivity index (χ4v) is 5.62. The summed E-state index contributed by atoms with van der Waals surface area (Å²) in [6, 6.07) is 12.3. The third-order valence-corrected chi connectivity index (χ3v) is 9.82. The predicted octanol–water partition coefficient (Wildman–Crippen LogP) is 4.06. The number of hydrogen-bond acceptors (Lipinski definition) is 7. The largest absolute Gasteiger partial charge is 0.390 e. The highest BCUT2D eigenvalue weighted by Crippen LogP contribution is 2.37. The number of nitrogens with zero attached hydrogens (tertiary/aromatic N) is 2. The number of benzene rings is 1. The van der Waals surface area contributed by atoms with E-state index in [4.69, 9.17) is 0 Å². The third kappa shape index (κ3) is 10.8. The minimum absolute atomic E-state index is 0.162. The van der Waals surface area contributed by atoms with Crippen LogP contribution in [0.1, 0.15) is 69.8 Å². The monoisotopic (exact) mass is 611 g/mol. The molecule has 1 aliphatic rings. The summed E-state index contributed by atoms with van der Waals surface area (Å²) in [5.41, 5.74) is 1.25. The molecule has 9 nitrogen and oxygen atoms in total. The maximum atomic E-state index is 13.7. The van der Waals surface area contributed by atoms with Crippen LogP contribution in [0.25, 0.3) is 0 Å². The van der Waals surface area contributed by atoms with E-state index in [0.29, 0.717) is 49.6 Å². The van der Waals surface area contributed by atoms with E-state index in [-0.39, 0.29) is 11.4 Å². The van der Waals surface area contributed by atoms with Gasteiger partial charge in [-0.25, -0.2) is 13.4 Å². The maximum Gasteiger partial charge on any atom is 0.251 e. The summed E-state index contributed by atoms with van der Waals surface area (Å²) in [6.45, 7) is 11.2. The van der Waals surface area contributed by atoms with Gasteiger partial charge in [0.05, 0.1) is 17.4 Å². The first-order valence-electron chi connectivity index (χ1n) is 15.3. The number of nitrogens with one attached hydrogen (secondary N) is 3. The number of hydrogen-bond donors (Lipinski definition) is 4. The zero-order valence-corrected chi connectivity index (χ0v) is 27.2. The Morgan fingerprint density at radius 3 is 2.49 bits per heavy atom. The molecule has 43 heavy (non-hydrogen) atoms. The first kappa shape index (κ1) is 34.4. The SMILES string of the molecule is CC(C)C#CCCCNC[C@@H](O)[C@H](Cc1ccccc1)NC(=O)c1cc(NC[C@H]2C[C@@H]2C)nc(N(C)S(=O)(=O)C(C)C)c1. The van der Waals surface area contributed by atoms with E-state index in [0.717, 1.165) is 29.1 Å². The smallest absolute Gasteiger partial charge is 0.251 e. The molecule has 1 saturated carbocycles. The van der Waals surface area contributed by atoms with Crippen molar-refractivity contribution in [2.75, 3.05) is 36.3 Å². The van der Waals surface area contributed by atoms with Crippen LogP contribution in [0.4, 0.5) is 11.6 Å². The van der Waals surface area contributed by atoms with E-state index in [2.05, 4.69) is 53.5 Å². The summed E-state index contributed by atoms with van der Waals surface area (Å²) in [5.74, 6) is 8.02. The van der Waals surface area contributed by atoms with Crippen LogP contribution in [0, 0.1) is 29.6 Å². The van der Waals surface area contributed by atoms with E-state index in [9.17, 15) is 18.3 Å². The van der Waals surface area contributed by atoms with Crippen LogP contribution in [0.3, 0.4) is 0 Å². The molecule has 0 aliphatic heterocycles. The number of sulfonamides is 1. The summed E-state index contributed by atoms with van der Waals surface area (Å²) in [4.78, 5) is 18.2. The van der Waals surface area contributed by atoms with Gasteiger partial charge in [-0.15, -0.1) is 11.8 Å². The molecule has 0 saturated heterocycles. The van der Waals surface area contributed by atoms with Gasteiger partial charge in [-0.05, 0) is 69.2 Å². The topological polar surface area (TPSA) is 124 Å². The number of rotatable bonds is 16. The molecule has 10 heteroatoms. The first-order valence-corrected chi connectivity index (χ1v) is 16.8. The second-order valence-corrected chi connectivity index (χ2v) is 14.7. The molecule has 0 unspecified atom stereocenters. The Bertz CT molecular complexity index is 1350. The van der Waals surface area contributed by atoms with E-state index >= 15 is 0 Å². The van der Waals surface area contributed by atoms with Crippen LogP contribution in [0.2, 0.25) is 0 Å². The number of carbonyl (C=O) groups is 1. The number of unbranched alkanes of at least 4 members (excludes halogenated alkanes) is 1. The van der Waals surface area contributed by atoms with Crippen molar-refractivity contribution in [3.8, 4) is 11.8 Å². The average molecular weight is 612 g/mol. The lowest BCUT2D eigenvalue weighted by Gasteiger charge is -2.26. The predicted molar refractivity (Wildman–Crippen MR) is 175 cm³/mol. The lowest BCUT2D eigenvalue weighted by Crippen LogP contribution is -2.49. The second-order valence-electron chi connectivity index (χ2n) is 12.1. The fourth-order valence-electron chi connectivity index (χ4n) is 4.64. The van der Waals surface area contributed by atoms with Gasteiger partial charge in [0.25, 0.3) is 5.91 Å². The van der Waals surface area contributed by atoms with Crippen LogP contribution in [0.15, 0.2) is 42.5 Å². The Hall–Kier alpha value is -3.13. The Labute approximate surface area is 258 Å². The molecular formula is C33H49N5O4S. The van der Waals surface area contributed by atoms with Gasteiger partial charge in [0.15, 0.2) is 0 Å². The molecule has 0 bridgehead atoms.